The largest absolute Gasteiger partial charge is 0.303 e. The van der Waals surface area contributed by atoms with Gasteiger partial charge in [-0.2, -0.15) is 0 Å². The van der Waals surface area contributed by atoms with Gasteiger partial charge in [0.2, 0.25) is 0 Å². The van der Waals surface area contributed by atoms with Crippen molar-refractivity contribution in [3.8, 4) is 0 Å². The Hall–Kier alpha value is -1.35. The molecule has 0 spiro atoms. The second-order valence-corrected chi connectivity index (χ2v) is 6.48. The van der Waals surface area contributed by atoms with Crippen molar-refractivity contribution in [3.05, 3.63) is 35.9 Å². The summed E-state index contributed by atoms with van der Waals surface area (Å²) >= 11 is 0. The molecule has 0 saturated carbocycles. The average molecular weight is 271 g/mol. The van der Waals surface area contributed by atoms with Gasteiger partial charge in [-0.15, -0.1) is 0 Å². The lowest BCUT2D eigenvalue weighted by molar-refractivity contribution is 0.138. The average Bonchev–Trinajstić information content (AvgIpc) is 2.82. The van der Waals surface area contributed by atoms with Crippen LogP contribution in [0.15, 0.2) is 24.5 Å². The van der Waals surface area contributed by atoms with Gasteiger partial charge in [0, 0.05) is 25.2 Å². The Morgan fingerprint density at radius 3 is 3.00 bits per heavy atom. The number of aromatic nitrogens is 2. The molecular weight excluding hydrogens is 246 g/mol. The smallest absolute Gasteiger partial charge is 0.113 e. The van der Waals surface area contributed by atoms with Crippen LogP contribution in [0.2, 0.25) is 0 Å². The van der Waals surface area contributed by atoms with Crippen molar-refractivity contribution in [2.24, 2.45) is 5.92 Å². The molecule has 2 aromatic rings. The quantitative estimate of drug-likeness (QED) is 0.854. The van der Waals surface area contributed by atoms with E-state index in [2.05, 4.69) is 53.4 Å². The maximum absolute atomic E-state index is 4.64. The van der Waals surface area contributed by atoms with Gasteiger partial charge in [0.1, 0.15) is 5.82 Å². The van der Waals surface area contributed by atoms with Crippen molar-refractivity contribution in [1.82, 2.24) is 14.3 Å². The summed E-state index contributed by atoms with van der Waals surface area (Å²) in [7, 11) is 0. The molecule has 0 radical (unpaired) electrons. The molecule has 3 heterocycles. The van der Waals surface area contributed by atoms with E-state index in [4.69, 9.17) is 0 Å². The zero-order chi connectivity index (χ0) is 14.1. The van der Waals surface area contributed by atoms with Gasteiger partial charge in [-0.05, 0) is 57.7 Å². The molecule has 0 aliphatic carbocycles. The lowest BCUT2D eigenvalue weighted by Gasteiger charge is -2.35. The number of aryl methyl sites for hydroxylation is 1. The first-order valence-electron chi connectivity index (χ1n) is 7.80. The van der Waals surface area contributed by atoms with Crippen LogP contribution in [0.5, 0.6) is 0 Å². The van der Waals surface area contributed by atoms with Crippen molar-refractivity contribution in [3.63, 3.8) is 0 Å². The zero-order valence-corrected chi connectivity index (χ0v) is 12.8. The Balaban J connectivity index is 1.77. The standard InChI is InChI=1S/C17H25N3/c1-13(2)19-8-4-5-15(12-19)9-17-18-10-16-7-6-14(3)11-20(16)17/h6-7,10-11,13,15H,4-5,8-9,12H2,1-3H3. The number of rotatable bonds is 3. The van der Waals surface area contributed by atoms with E-state index >= 15 is 0 Å². The zero-order valence-electron chi connectivity index (χ0n) is 12.8. The summed E-state index contributed by atoms with van der Waals surface area (Å²) in [6, 6.07) is 4.98. The predicted octanol–water partition coefficient (Wildman–Crippen LogP) is 3.31. The molecule has 108 valence electrons. The Kier molecular flexibility index (Phi) is 3.79. The first-order valence-corrected chi connectivity index (χ1v) is 7.80. The number of nitrogens with zero attached hydrogens (tertiary/aromatic N) is 3. The normalized spacial score (nSPS) is 20.9. The Morgan fingerprint density at radius 2 is 2.20 bits per heavy atom. The van der Waals surface area contributed by atoms with Gasteiger partial charge in [0.25, 0.3) is 0 Å². The molecule has 3 rings (SSSR count). The van der Waals surface area contributed by atoms with Crippen molar-refractivity contribution >= 4 is 5.52 Å². The summed E-state index contributed by atoms with van der Waals surface area (Å²) in [4.78, 5) is 7.25. The Bertz CT molecular complexity index is 585. The molecule has 0 amide bonds. The van der Waals surface area contributed by atoms with E-state index in [0.29, 0.717) is 6.04 Å². The van der Waals surface area contributed by atoms with E-state index < -0.39 is 0 Å². The fraction of sp³-hybridized carbons (Fsp3) is 0.588. The molecule has 0 aromatic carbocycles. The molecule has 3 nitrogen and oxygen atoms in total. The maximum atomic E-state index is 4.64. The molecule has 0 bridgehead atoms. The van der Waals surface area contributed by atoms with E-state index in [9.17, 15) is 0 Å². The van der Waals surface area contributed by atoms with Gasteiger partial charge in [-0.3, -0.25) is 0 Å². The minimum atomic E-state index is 0.664. The highest BCUT2D eigenvalue weighted by molar-refractivity contribution is 5.46. The van der Waals surface area contributed by atoms with Gasteiger partial charge in [0.15, 0.2) is 0 Å². The molecule has 2 aromatic heterocycles. The van der Waals surface area contributed by atoms with Gasteiger partial charge < -0.3 is 9.30 Å². The van der Waals surface area contributed by atoms with Crippen LogP contribution < -0.4 is 0 Å². The summed E-state index contributed by atoms with van der Waals surface area (Å²) in [5, 5.41) is 0. The van der Waals surface area contributed by atoms with Gasteiger partial charge in [0.05, 0.1) is 11.7 Å². The molecule has 3 heteroatoms. The van der Waals surface area contributed by atoms with Crippen molar-refractivity contribution in [1.29, 1.82) is 0 Å². The molecule has 1 fully saturated rings. The summed E-state index contributed by atoms with van der Waals surface area (Å²) in [5.41, 5.74) is 2.51. The third-order valence-corrected chi connectivity index (χ3v) is 4.50. The van der Waals surface area contributed by atoms with Gasteiger partial charge in [-0.1, -0.05) is 6.07 Å². The van der Waals surface area contributed by atoms with Crippen molar-refractivity contribution in [2.75, 3.05) is 13.1 Å². The minimum absolute atomic E-state index is 0.664. The van der Waals surface area contributed by atoms with Crippen LogP contribution in [0.3, 0.4) is 0 Å². The van der Waals surface area contributed by atoms with Gasteiger partial charge in [-0.25, -0.2) is 4.98 Å². The third kappa shape index (κ3) is 2.73. The topological polar surface area (TPSA) is 20.5 Å². The number of likely N-dealkylation sites (tertiary alicyclic amines) is 1. The SMILES string of the molecule is Cc1ccc2cnc(CC3CCCN(C(C)C)C3)n2c1. The molecule has 0 N–H and O–H groups in total. The number of fused-ring (bicyclic) bond motifs is 1. The van der Waals surface area contributed by atoms with E-state index in [1.807, 2.05) is 6.20 Å². The van der Waals surface area contributed by atoms with E-state index in [1.54, 1.807) is 0 Å². The van der Waals surface area contributed by atoms with Crippen LogP contribution in [0.4, 0.5) is 0 Å². The maximum Gasteiger partial charge on any atom is 0.113 e. The molecule has 20 heavy (non-hydrogen) atoms. The predicted molar refractivity (Wildman–Crippen MR) is 83.1 cm³/mol. The van der Waals surface area contributed by atoms with Crippen LogP contribution in [0.25, 0.3) is 5.52 Å². The number of piperidine rings is 1. The fourth-order valence-electron chi connectivity index (χ4n) is 3.29. The third-order valence-electron chi connectivity index (χ3n) is 4.50. The number of hydrogen-bond acceptors (Lipinski definition) is 2. The summed E-state index contributed by atoms with van der Waals surface area (Å²) in [6.07, 6.45) is 7.97. The number of pyridine rings is 1. The minimum Gasteiger partial charge on any atom is -0.303 e. The second-order valence-electron chi connectivity index (χ2n) is 6.48. The number of hydrogen-bond donors (Lipinski definition) is 0. The fourth-order valence-corrected chi connectivity index (χ4v) is 3.29. The van der Waals surface area contributed by atoms with Crippen LogP contribution in [0.1, 0.15) is 38.1 Å². The number of imidazole rings is 1. The summed E-state index contributed by atoms with van der Waals surface area (Å²) in [6.45, 7) is 9.23. The van der Waals surface area contributed by atoms with E-state index in [0.717, 1.165) is 12.3 Å². The van der Waals surface area contributed by atoms with E-state index in [1.165, 1.54) is 42.8 Å². The Labute approximate surface area is 121 Å². The lowest BCUT2D eigenvalue weighted by Crippen LogP contribution is -2.40. The Morgan fingerprint density at radius 1 is 1.35 bits per heavy atom. The highest BCUT2D eigenvalue weighted by atomic mass is 15.2. The first-order chi connectivity index (χ1) is 9.63. The second kappa shape index (κ2) is 5.57. The van der Waals surface area contributed by atoms with Crippen LogP contribution >= 0.6 is 0 Å². The molecule has 1 aliphatic heterocycles. The molecule has 1 atom stereocenters. The van der Waals surface area contributed by atoms with Crippen molar-refractivity contribution in [2.45, 2.75) is 46.1 Å². The molecule has 1 unspecified atom stereocenters. The van der Waals surface area contributed by atoms with Crippen LogP contribution in [-0.4, -0.2) is 33.4 Å². The molecule has 1 saturated heterocycles. The van der Waals surface area contributed by atoms with Crippen LogP contribution in [-0.2, 0) is 6.42 Å². The van der Waals surface area contributed by atoms with Crippen molar-refractivity contribution < 1.29 is 0 Å². The van der Waals surface area contributed by atoms with E-state index in [-0.39, 0.29) is 0 Å². The van der Waals surface area contributed by atoms with Crippen LogP contribution in [0, 0.1) is 12.8 Å². The lowest BCUT2D eigenvalue weighted by atomic mass is 9.93. The summed E-state index contributed by atoms with van der Waals surface area (Å²) < 4.78 is 2.27. The highest BCUT2D eigenvalue weighted by Crippen LogP contribution is 2.22. The monoisotopic (exact) mass is 271 g/mol. The van der Waals surface area contributed by atoms with Gasteiger partial charge >= 0.3 is 0 Å². The molecular formula is C17H25N3. The molecule has 1 aliphatic rings. The first kappa shape index (κ1) is 13.6. The highest BCUT2D eigenvalue weighted by Gasteiger charge is 2.23. The summed E-state index contributed by atoms with van der Waals surface area (Å²) in [5.74, 6) is 1.97.